The lowest BCUT2D eigenvalue weighted by Gasteiger charge is -1.94. The molecule has 0 spiro atoms. The number of nitrogens with zero attached hydrogens (tertiary/aromatic N) is 1. The summed E-state index contributed by atoms with van der Waals surface area (Å²) in [5, 5.41) is 0. The minimum atomic E-state index is 0.598. The minimum Gasteiger partial charge on any atom is -0.378 e. The first-order valence-corrected chi connectivity index (χ1v) is 4.24. The highest BCUT2D eigenvalue weighted by Crippen LogP contribution is 1.93. The van der Waals surface area contributed by atoms with Crippen LogP contribution in [0.1, 0.15) is 26.0 Å². The summed E-state index contributed by atoms with van der Waals surface area (Å²) in [7, 11) is 1.66. The second kappa shape index (κ2) is 8.21. The summed E-state index contributed by atoms with van der Waals surface area (Å²) in [5.41, 5.74) is 0.972. The molecule has 0 aliphatic carbocycles. The van der Waals surface area contributed by atoms with E-state index in [-0.39, 0.29) is 0 Å². The molecule has 1 aromatic heterocycles. The Labute approximate surface area is 74.6 Å². The molecule has 68 valence electrons. The van der Waals surface area contributed by atoms with Crippen molar-refractivity contribution in [2.24, 2.45) is 0 Å². The molecule has 0 radical (unpaired) electrons. The Morgan fingerprint density at radius 3 is 2.42 bits per heavy atom. The fourth-order valence-electron chi connectivity index (χ4n) is 0.631. The summed E-state index contributed by atoms with van der Waals surface area (Å²) in [6.07, 6.45) is 3.01. The maximum absolute atomic E-state index is 4.87. The highest BCUT2D eigenvalue weighted by molar-refractivity contribution is 5.01. The first-order valence-electron chi connectivity index (χ1n) is 4.24. The summed E-state index contributed by atoms with van der Waals surface area (Å²) >= 11 is 0. The highest BCUT2D eigenvalue weighted by atomic mass is 16.5. The number of pyridine rings is 1. The van der Waals surface area contributed by atoms with Gasteiger partial charge in [-0.15, -0.1) is 0 Å². The highest BCUT2D eigenvalue weighted by Gasteiger charge is 1.86. The number of rotatable bonds is 2. The molecular weight excluding hydrogens is 150 g/mol. The van der Waals surface area contributed by atoms with Gasteiger partial charge in [0.2, 0.25) is 0 Å². The Morgan fingerprint density at radius 2 is 2.00 bits per heavy atom. The average Bonchev–Trinajstić information content (AvgIpc) is 2.08. The number of hydrogen-bond donors (Lipinski definition) is 0. The Balaban J connectivity index is 0.000000354. The van der Waals surface area contributed by atoms with Crippen LogP contribution < -0.4 is 0 Å². The molecule has 0 atom stereocenters. The van der Waals surface area contributed by atoms with Gasteiger partial charge in [0, 0.05) is 13.3 Å². The molecule has 0 N–H and O–H groups in total. The van der Waals surface area contributed by atoms with Gasteiger partial charge in [0.1, 0.15) is 0 Å². The Hall–Kier alpha value is -0.890. The summed E-state index contributed by atoms with van der Waals surface area (Å²) in [6.45, 7) is 4.85. The lowest BCUT2D eigenvalue weighted by atomic mass is 10.4. The van der Waals surface area contributed by atoms with Crippen molar-refractivity contribution in [2.45, 2.75) is 26.9 Å². The zero-order valence-electron chi connectivity index (χ0n) is 8.08. The third-order valence-electron chi connectivity index (χ3n) is 1.02. The van der Waals surface area contributed by atoms with Gasteiger partial charge in [-0.05, 0) is 12.1 Å². The first-order chi connectivity index (χ1) is 5.85. The summed E-state index contributed by atoms with van der Waals surface area (Å²) in [6, 6.07) is 5.77. The fourth-order valence-corrected chi connectivity index (χ4v) is 0.631. The second-order valence-electron chi connectivity index (χ2n) is 2.46. The normalized spacial score (nSPS) is 8.58. The van der Waals surface area contributed by atoms with E-state index in [1.807, 2.05) is 18.2 Å². The van der Waals surface area contributed by atoms with Crippen LogP contribution in [0.15, 0.2) is 24.4 Å². The van der Waals surface area contributed by atoms with Crippen LogP contribution in [-0.2, 0) is 11.3 Å². The molecule has 0 aliphatic heterocycles. The van der Waals surface area contributed by atoms with Crippen LogP contribution in [0, 0.1) is 0 Å². The summed E-state index contributed by atoms with van der Waals surface area (Å²) in [5.74, 6) is 0. The van der Waals surface area contributed by atoms with Crippen molar-refractivity contribution >= 4 is 0 Å². The number of methoxy groups -OCH3 is 1. The van der Waals surface area contributed by atoms with Crippen LogP contribution in [0.25, 0.3) is 0 Å². The molecule has 1 heterocycles. The van der Waals surface area contributed by atoms with E-state index in [4.69, 9.17) is 4.74 Å². The van der Waals surface area contributed by atoms with E-state index in [0.29, 0.717) is 6.61 Å². The van der Waals surface area contributed by atoms with Gasteiger partial charge < -0.3 is 4.74 Å². The van der Waals surface area contributed by atoms with E-state index in [0.717, 1.165) is 5.69 Å². The van der Waals surface area contributed by atoms with Crippen LogP contribution >= 0.6 is 0 Å². The fraction of sp³-hybridized carbons (Fsp3) is 0.500. The molecule has 0 aliphatic rings. The van der Waals surface area contributed by atoms with E-state index in [9.17, 15) is 0 Å². The molecule has 1 rings (SSSR count). The molecule has 2 nitrogen and oxygen atoms in total. The summed E-state index contributed by atoms with van der Waals surface area (Å²) < 4.78 is 4.87. The monoisotopic (exact) mass is 167 g/mol. The van der Waals surface area contributed by atoms with Crippen molar-refractivity contribution in [3.8, 4) is 0 Å². The molecule has 2 heteroatoms. The van der Waals surface area contributed by atoms with Gasteiger partial charge in [-0.25, -0.2) is 0 Å². The van der Waals surface area contributed by atoms with Crippen LogP contribution in [0.5, 0.6) is 0 Å². The Morgan fingerprint density at radius 1 is 1.33 bits per heavy atom. The lowest BCUT2D eigenvalue weighted by Crippen LogP contribution is -1.88. The van der Waals surface area contributed by atoms with E-state index in [1.54, 1.807) is 13.3 Å². The van der Waals surface area contributed by atoms with Crippen molar-refractivity contribution in [1.29, 1.82) is 0 Å². The molecular formula is C10H17NO. The zero-order chi connectivity index (χ0) is 9.23. The number of ether oxygens (including phenoxy) is 1. The van der Waals surface area contributed by atoms with Gasteiger partial charge in [0.25, 0.3) is 0 Å². The largest absolute Gasteiger partial charge is 0.378 e. The molecule has 0 amide bonds. The van der Waals surface area contributed by atoms with E-state index in [2.05, 4.69) is 18.8 Å². The van der Waals surface area contributed by atoms with Gasteiger partial charge in [-0.1, -0.05) is 26.3 Å². The van der Waals surface area contributed by atoms with Gasteiger partial charge in [-0.3, -0.25) is 4.98 Å². The standard InChI is InChI=1S/C7H9NO.C3H8/c1-9-6-7-4-2-3-5-8-7;1-3-2/h2-5H,6H2,1H3;3H2,1-2H3. The zero-order valence-corrected chi connectivity index (χ0v) is 8.08. The Kier molecular flexibility index (Phi) is 7.60. The van der Waals surface area contributed by atoms with Gasteiger partial charge in [0.05, 0.1) is 12.3 Å². The number of aromatic nitrogens is 1. The lowest BCUT2D eigenvalue weighted by molar-refractivity contribution is 0.181. The third kappa shape index (κ3) is 5.86. The van der Waals surface area contributed by atoms with E-state index >= 15 is 0 Å². The topological polar surface area (TPSA) is 22.1 Å². The predicted octanol–water partition coefficient (Wildman–Crippen LogP) is 2.64. The van der Waals surface area contributed by atoms with Gasteiger partial charge >= 0.3 is 0 Å². The van der Waals surface area contributed by atoms with Crippen molar-refractivity contribution in [3.63, 3.8) is 0 Å². The van der Waals surface area contributed by atoms with Crippen LogP contribution in [0.2, 0.25) is 0 Å². The van der Waals surface area contributed by atoms with Gasteiger partial charge in [-0.2, -0.15) is 0 Å². The van der Waals surface area contributed by atoms with E-state index < -0.39 is 0 Å². The van der Waals surface area contributed by atoms with Crippen molar-refractivity contribution in [3.05, 3.63) is 30.1 Å². The molecule has 12 heavy (non-hydrogen) atoms. The summed E-state index contributed by atoms with van der Waals surface area (Å²) in [4.78, 5) is 4.04. The molecule has 1 aromatic rings. The van der Waals surface area contributed by atoms with Crippen molar-refractivity contribution < 1.29 is 4.74 Å². The Bertz CT molecular complexity index is 174. The SMILES string of the molecule is CCC.COCc1ccccn1. The molecule has 0 saturated heterocycles. The maximum Gasteiger partial charge on any atom is 0.0884 e. The first kappa shape index (κ1) is 11.1. The van der Waals surface area contributed by atoms with Gasteiger partial charge in [0.15, 0.2) is 0 Å². The molecule has 0 bridgehead atoms. The van der Waals surface area contributed by atoms with Crippen molar-refractivity contribution in [2.75, 3.05) is 7.11 Å². The minimum absolute atomic E-state index is 0.598. The third-order valence-corrected chi connectivity index (χ3v) is 1.02. The maximum atomic E-state index is 4.87. The van der Waals surface area contributed by atoms with Crippen LogP contribution in [-0.4, -0.2) is 12.1 Å². The van der Waals surface area contributed by atoms with E-state index in [1.165, 1.54) is 6.42 Å². The molecule has 0 fully saturated rings. The quantitative estimate of drug-likeness (QED) is 0.675. The average molecular weight is 167 g/mol. The second-order valence-corrected chi connectivity index (χ2v) is 2.46. The van der Waals surface area contributed by atoms with Crippen LogP contribution in [0.3, 0.4) is 0 Å². The molecule has 0 saturated carbocycles. The van der Waals surface area contributed by atoms with Crippen LogP contribution in [0.4, 0.5) is 0 Å². The number of hydrogen-bond acceptors (Lipinski definition) is 2. The smallest absolute Gasteiger partial charge is 0.0884 e. The predicted molar refractivity (Wildman–Crippen MR) is 50.9 cm³/mol. The molecule has 0 unspecified atom stereocenters. The van der Waals surface area contributed by atoms with Crippen molar-refractivity contribution in [1.82, 2.24) is 4.98 Å². The molecule has 0 aromatic carbocycles.